The van der Waals surface area contributed by atoms with Gasteiger partial charge in [0.15, 0.2) is 0 Å². The second-order valence-corrected chi connectivity index (χ2v) is 7.34. The minimum Gasteiger partial charge on any atom is -0.508 e. The Morgan fingerprint density at radius 1 is 1.08 bits per heavy atom. The minimum atomic E-state index is -0.273. The summed E-state index contributed by atoms with van der Waals surface area (Å²) in [6, 6.07) is 8.84. The number of rotatable bonds is 3. The van der Waals surface area contributed by atoms with Crippen LogP contribution in [0, 0.1) is 0 Å². The third kappa shape index (κ3) is 3.02. The van der Waals surface area contributed by atoms with E-state index in [1.165, 1.54) is 6.42 Å². The van der Waals surface area contributed by atoms with Crippen LogP contribution in [0.2, 0.25) is 0 Å². The predicted octanol–water partition coefficient (Wildman–Crippen LogP) is 3.15. The number of phenolic OH excluding ortho intramolecular Hbond substituents is 1. The summed E-state index contributed by atoms with van der Waals surface area (Å²) < 4.78 is 1.64. The average molecular weight is 352 g/mol. The zero-order valence-corrected chi connectivity index (χ0v) is 14.8. The molecular formula is C21H24N2O3. The largest absolute Gasteiger partial charge is 0.508 e. The van der Waals surface area contributed by atoms with Crippen molar-refractivity contribution in [3.8, 4) is 5.75 Å². The number of fused-ring (bicyclic) bond motifs is 1. The zero-order chi connectivity index (χ0) is 18.1. The molecule has 2 aliphatic carbocycles. The Morgan fingerprint density at radius 2 is 1.88 bits per heavy atom. The molecule has 5 nitrogen and oxygen atoms in total. The average Bonchev–Trinajstić information content (AvgIpc) is 3.08. The Morgan fingerprint density at radius 3 is 2.69 bits per heavy atom. The lowest BCUT2D eigenvalue weighted by Gasteiger charge is -2.23. The van der Waals surface area contributed by atoms with E-state index >= 15 is 0 Å². The Bertz CT molecular complexity index is 881. The molecule has 1 aromatic heterocycles. The summed E-state index contributed by atoms with van der Waals surface area (Å²) in [4.78, 5) is 25.6. The van der Waals surface area contributed by atoms with Crippen molar-refractivity contribution in [2.24, 2.45) is 0 Å². The number of benzene rings is 1. The lowest BCUT2D eigenvalue weighted by molar-refractivity contribution is 0.0925. The molecule has 1 fully saturated rings. The molecule has 26 heavy (non-hydrogen) atoms. The summed E-state index contributed by atoms with van der Waals surface area (Å²) in [7, 11) is 0. The molecule has 4 rings (SSSR count). The number of nitrogens with zero attached hydrogens (tertiary/aromatic N) is 1. The highest BCUT2D eigenvalue weighted by Gasteiger charge is 2.28. The normalized spacial score (nSPS) is 19.9. The molecule has 1 heterocycles. The van der Waals surface area contributed by atoms with E-state index in [2.05, 4.69) is 5.32 Å². The van der Waals surface area contributed by atoms with E-state index in [-0.39, 0.29) is 34.9 Å². The number of nitrogens with one attached hydrogen (secondary N) is 1. The van der Waals surface area contributed by atoms with Gasteiger partial charge in [-0.15, -0.1) is 0 Å². The Labute approximate surface area is 152 Å². The van der Waals surface area contributed by atoms with Gasteiger partial charge in [0.25, 0.3) is 11.5 Å². The van der Waals surface area contributed by atoms with Crippen LogP contribution < -0.4 is 10.9 Å². The van der Waals surface area contributed by atoms with E-state index in [0.29, 0.717) is 0 Å². The Hall–Kier alpha value is -2.56. The maximum absolute atomic E-state index is 13.0. The zero-order valence-electron chi connectivity index (χ0n) is 14.8. The maximum atomic E-state index is 13.0. The Kier molecular flexibility index (Phi) is 4.53. The van der Waals surface area contributed by atoms with Gasteiger partial charge in [-0.2, -0.15) is 0 Å². The molecule has 1 atom stereocenters. The first-order valence-electron chi connectivity index (χ1n) is 9.48. The molecule has 0 aliphatic heterocycles. The minimum absolute atomic E-state index is 0.132. The summed E-state index contributed by atoms with van der Waals surface area (Å²) in [5.74, 6) is 0.00891. The van der Waals surface area contributed by atoms with Gasteiger partial charge < -0.3 is 15.0 Å². The first kappa shape index (κ1) is 16.9. The fraction of sp³-hybridized carbons (Fsp3) is 0.429. The number of amides is 1. The molecular weight excluding hydrogens is 328 g/mol. The number of hydrogen-bond donors (Lipinski definition) is 2. The fourth-order valence-corrected chi connectivity index (χ4v) is 4.34. The van der Waals surface area contributed by atoms with Gasteiger partial charge in [-0.1, -0.05) is 31.4 Å². The molecule has 0 radical (unpaired) electrons. The van der Waals surface area contributed by atoms with Gasteiger partial charge in [-0.25, -0.2) is 0 Å². The van der Waals surface area contributed by atoms with Crippen molar-refractivity contribution in [3.63, 3.8) is 0 Å². The number of aromatic nitrogens is 1. The third-order valence-electron chi connectivity index (χ3n) is 5.71. The van der Waals surface area contributed by atoms with Crippen LogP contribution in [-0.4, -0.2) is 21.6 Å². The maximum Gasteiger partial charge on any atom is 0.263 e. The highest BCUT2D eigenvalue weighted by molar-refractivity contribution is 5.94. The van der Waals surface area contributed by atoms with Crippen LogP contribution in [0.1, 0.15) is 66.1 Å². The van der Waals surface area contributed by atoms with Gasteiger partial charge in [0.05, 0.1) is 6.04 Å². The highest BCUT2D eigenvalue weighted by Crippen LogP contribution is 2.37. The van der Waals surface area contributed by atoms with Crippen molar-refractivity contribution in [2.75, 3.05) is 0 Å². The Balaban J connectivity index is 1.62. The standard InChI is InChI=1S/C21H24N2O3/c24-19-10-4-8-15-16(19)11-12-18(15)23-13-5-9-17(21(23)26)20(25)22-14-6-2-1-3-7-14/h4-5,8-10,13-14,18,24H,1-3,6-7,11-12H2,(H,22,25). The molecule has 1 aromatic carbocycles. The SMILES string of the molecule is O=C(NC1CCCCC1)c1cccn(C2CCc3c(O)cccc32)c1=O. The topological polar surface area (TPSA) is 71.3 Å². The molecule has 0 spiro atoms. The second-order valence-electron chi connectivity index (χ2n) is 7.34. The van der Waals surface area contributed by atoms with Crippen molar-refractivity contribution in [3.05, 3.63) is 63.6 Å². The predicted molar refractivity (Wildman–Crippen MR) is 99.6 cm³/mol. The summed E-state index contributed by atoms with van der Waals surface area (Å²) in [5, 5.41) is 13.1. The summed E-state index contributed by atoms with van der Waals surface area (Å²) >= 11 is 0. The van der Waals surface area contributed by atoms with Crippen LogP contribution in [0.4, 0.5) is 0 Å². The van der Waals surface area contributed by atoms with Gasteiger partial charge in [0.1, 0.15) is 11.3 Å². The van der Waals surface area contributed by atoms with E-state index in [0.717, 1.165) is 49.7 Å². The van der Waals surface area contributed by atoms with Gasteiger partial charge >= 0.3 is 0 Å². The quantitative estimate of drug-likeness (QED) is 0.891. The highest BCUT2D eigenvalue weighted by atomic mass is 16.3. The van der Waals surface area contributed by atoms with Gasteiger partial charge in [-0.3, -0.25) is 9.59 Å². The van der Waals surface area contributed by atoms with Crippen molar-refractivity contribution >= 4 is 5.91 Å². The van der Waals surface area contributed by atoms with E-state index < -0.39 is 0 Å². The fourth-order valence-electron chi connectivity index (χ4n) is 4.34. The van der Waals surface area contributed by atoms with Crippen molar-refractivity contribution < 1.29 is 9.90 Å². The summed E-state index contributed by atoms with van der Waals surface area (Å²) in [6.07, 6.45) is 8.68. The number of phenols is 1. The van der Waals surface area contributed by atoms with Crippen LogP contribution in [-0.2, 0) is 6.42 Å². The molecule has 136 valence electrons. The monoisotopic (exact) mass is 352 g/mol. The number of pyridine rings is 1. The molecule has 0 bridgehead atoms. The van der Waals surface area contributed by atoms with Crippen molar-refractivity contribution in [1.29, 1.82) is 0 Å². The van der Waals surface area contributed by atoms with Crippen LogP contribution in [0.25, 0.3) is 0 Å². The number of carbonyl (C=O) groups excluding carboxylic acids is 1. The molecule has 1 saturated carbocycles. The van der Waals surface area contributed by atoms with Gasteiger partial charge in [-0.05, 0) is 55.0 Å². The van der Waals surface area contributed by atoms with Crippen molar-refractivity contribution in [2.45, 2.75) is 57.0 Å². The van der Waals surface area contributed by atoms with Crippen LogP contribution in [0.15, 0.2) is 41.3 Å². The summed E-state index contributed by atoms with van der Waals surface area (Å²) in [6.45, 7) is 0. The van der Waals surface area contributed by atoms with Gasteiger partial charge in [0, 0.05) is 12.2 Å². The lowest BCUT2D eigenvalue weighted by Crippen LogP contribution is -2.40. The lowest BCUT2D eigenvalue weighted by atomic mass is 9.95. The van der Waals surface area contributed by atoms with Crippen LogP contribution in [0.5, 0.6) is 5.75 Å². The van der Waals surface area contributed by atoms with E-state index in [1.807, 2.05) is 6.07 Å². The smallest absolute Gasteiger partial charge is 0.263 e. The first-order chi connectivity index (χ1) is 12.6. The molecule has 5 heteroatoms. The molecule has 1 amide bonds. The van der Waals surface area contributed by atoms with E-state index in [9.17, 15) is 14.7 Å². The van der Waals surface area contributed by atoms with E-state index in [1.54, 1.807) is 35.0 Å². The molecule has 2 aliphatic rings. The van der Waals surface area contributed by atoms with Gasteiger partial charge in [0.2, 0.25) is 0 Å². The first-order valence-corrected chi connectivity index (χ1v) is 9.48. The molecule has 1 unspecified atom stereocenters. The van der Waals surface area contributed by atoms with Crippen molar-refractivity contribution in [1.82, 2.24) is 9.88 Å². The number of hydrogen-bond acceptors (Lipinski definition) is 3. The number of carbonyl (C=O) groups is 1. The second kappa shape index (κ2) is 6.98. The van der Waals surface area contributed by atoms with Crippen LogP contribution >= 0.6 is 0 Å². The van der Waals surface area contributed by atoms with E-state index in [4.69, 9.17) is 0 Å². The number of aromatic hydroxyl groups is 1. The third-order valence-corrected chi connectivity index (χ3v) is 5.71. The molecule has 0 saturated heterocycles. The summed E-state index contributed by atoms with van der Waals surface area (Å²) in [5.41, 5.74) is 1.81. The molecule has 2 aromatic rings. The molecule has 2 N–H and O–H groups in total. The van der Waals surface area contributed by atoms with Crippen LogP contribution in [0.3, 0.4) is 0 Å².